The molecule has 21 heavy (non-hydrogen) atoms. The minimum Gasteiger partial charge on any atom is -0.444 e. The van der Waals surface area contributed by atoms with Gasteiger partial charge >= 0.3 is 6.09 Å². The zero-order valence-electron chi connectivity index (χ0n) is 11.8. The number of carbonyl (C=O) groups is 1. The first-order valence-electron chi connectivity index (χ1n) is 6.65. The molecule has 1 aromatic carbocycles. The Balaban J connectivity index is 2.06. The van der Waals surface area contributed by atoms with Gasteiger partial charge < -0.3 is 4.74 Å². The Labute approximate surface area is 124 Å². The van der Waals surface area contributed by atoms with Gasteiger partial charge in [-0.05, 0) is 24.6 Å². The van der Waals surface area contributed by atoms with Gasteiger partial charge in [-0.2, -0.15) is 0 Å². The summed E-state index contributed by atoms with van der Waals surface area (Å²) in [7, 11) is 0. The van der Waals surface area contributed by atoms with Crippen LogP contribution in [0.3, 0.4) is 0 Å². The molecule has 106 valence electrons. The molecule has 0 N–H and O–H groups in total. The maximum absolute atomic E-state index is 12.2. The van der Waals surface area contributed by atoms with Crippen molar-refractivity contribution in [3.63, 3.8) is 0 Å². The summed E-state index contributed by atoms with van der Waals surface area (Å²) in [6.07, 6.45) is 6.50. The van der Waals surface area contributed by atoms with E-state index in [-0.39, 0.29) is 6.61 Å². The van der Waals surface area contributed by atoms with Crippen LogP contribution in [-0.2, 0) is 11.3 Å². The summed E-state index contributed by atoms with van der Waals surface area (Å²) in [5.74, 6) is 3.02. The van der Waals surface area contributed by atoms with Crippen molar-refractivity contribution in [3.05, 3.63) is 59.8 Å². The average molecular weight is 280 g/mol. The van der Waals surface area contributed by atoms with Crippen molar-refractivity contribution in [1.29, 1.82) is 0 Å². The minimum atomic E-state index is -0.442. The number of amides is 1. The van der Waals surface area contributed by atoms with Crippen molar-refractivity contribution in [2.75, 3.05) is 11.4 Å². The molecular weight excluding hydrogens is 264 g/mol. The molecule has 0 saturated carbocycles. The van der Waals surface area contributed by atoms with E-state index in [1.807, 2.05) is 37.3 Å². The molecule has 4 nitrogen and oxygen atoms in total. The molecule has 0 unspecified atom stereocenters. The SMILES string of the molecule is C#Cc1ccnc(N(CC)C(=O)OCc2ccccc2)c1. The molecule has 1 amide bonds. The Morgan fingerprint density at radius 2 is 2.10 bits per heavy atom. The predicted octanol–water partition coefficient (Wildman–Crippen LogP) is 3.23. The molecule has 0 aliphatic carbocycles. The molecule has 0 radical (unpaired) electrons. The molecule has 0 aliphatic rings. The topological polar surface area (TPSA) is 42.4 Å². The third-order valence-corrected chi connectivity index (χ3v) is 2.93. The van der Waals surface area contributed by atoms with Gasteiger partial charge in [0.05, 0.1) is 0 Å². The van der Waals surface area contributed by atoms with Gasteiger partial charge in [-0.15, -0.1) is 6.42 Å². The van der Waals surface area contributed by atoms with Gasteiger partial charge in [0, 0.05) is 18.3 Å². The Morgan fingerprint density at radius 3 is 2.76 bits per heavy atom. The molecule has 1 aromatic heterocycles. The Bertz CT molecular complexity index is 647. The van der Waals surface area contributed by atoms with Crippen molar-refractivity contribution in [2.24, 2.45) is 0 Å². The van der Waals surface area contributed by atoms with E-state index >= 15 is 0 Å². The highest BCUT2D eigenvalue weighted by Gasteiger charge is 2.16. The van der Waals surface area contributed by atoms with E-state index in [0.717, 1.165) is 5.56 Å². The Hall–Kier alpha value is -2.80. The van der Waals surface area contributed by atoms with E-state index in [0.29, 0.717) is 17.9 Å². The first kappa shape index (κ1) is 14.6. The second-order valence-electron chi connectivity index (χ2n) is 4.33. The lowest BCUT2D eigenvalue weighted by Crippen LogP contribution is -2.31. The average Bonchev–Trinajstić information content (AvgIpc) is 2.55. The lowest BCUT2D eigenvalue weighted by Gasteiger charge is -2.19. The number of benzene rings is 1. The molecule has 0 saturated heterocycles. The van der Waals surface area contributed by atoms with Crippen LogP contribution in [-0.4, -0.2) is 17.6 Å². The van der Waals surface area contributed by atoms with E-state index in [1.165, 1.54) is 4.90 Å². The first-order chi connectivity index (χ1) is 10.2. The van der Waals surface area contributed by atoms with E-state index in [1.54, 1.807) is 18.3 Å². The highest BCUT2D eigenvalue weighted by molar-refractivity contribution is 5.86. The summed E-state index contributed by atoms with van der Waals surface area (Å²) in [5, 5.41) is 0. The van der Waals surface area contributed by atoms with Crippen LogP contribution in [0.15, 0.2) is 48.7 Å². The third-order valence-electron chi connectivity index (χ3n) is 2.93. The van der Waals surface area contributed by atoms with Gasteiger partial charge in [0.2, 0.25) is 0 Å². The zero-order chi connectivity index (χ0) is 15.1. The summed E-state index contributed by atoms with van der Waals surface area (Å²) < 4.78 is 5.30. The van der Waals surface area contributed by atoms with Crippen LogP contribution < -0.4 is 4.90 Å². The highest BCUT2D eigenvalue weighted by atomic mass is 16.6. The fourth-order valence-corrected chi connectivity index (χ4v) is 1.84. The summed E-state index contributed by atoms with van der Waals surface area (Å²) in [5.41, 5.74) is 1.61. The third kappa shape index (κ3) is 3.83. The van der Waals surface area contributed by atoms with Crippen molar-refractivity contribution >= 4 is 11.9 Å². The molecular formula is C17H16N2O2. The number of rotatable bonds is 4. The van der Waals surface area contributed by atoms with Crippen LogP contribution >= 0.6 is 0 Å². The normalized spacial score (nSPS) is 9.71. The van der Waals surface area contributed by atoms with Crippen LogP contribution in [0.1, 0.15) is 18.1 Å². The van der Waals surface area contributed by atoms with Gasteiger partial charge in [0.15, 0.2) is 0 Å². The quantitative estimate of drug-likeness (QED) is 0.807. The van der Waals surface area contributed by atoms with Gasteiger partial charge in [0.25, 0.3) is 0 Å². The van der Waals surface area contributed by atoms with Gasteiger partial charge in [-0.1, -0.05) is 36.3 Å². The molecule has 2 aromatic rings. The van der Waals surface area contributed by atoms with Gasteiger partial charge in [-0.3, -0.25) is 4.90 Å². The lowest BCUT2D eigenvalue weighted by atomic mass is 10.2. The van der Waals surface area contributed by atoms with Crippen LogP contribution in [0.2, 0.25) is 0 Å². The second kappa shape index (κ2) is 7.11. The monoisotopic (exact) mass is 280 g/mol. The van der Waals surface area contributed by atoms with Crippen molar-refractivity contribution in [1.82, 2.24) is 4.98 Å². The largest absolute Gasteiger partial charge is 0.444 e. The molecule has 4 heteroatoms. The van der Waals surface area contributed by atoms with Crippen molar-refractivity contribution in [3.8, 4) is 12.3 Å². The number of ether oxygens (including phenoxy) is 1. The number of carbonyl (C=O) groups excluding carboxylic acids is 1. The zero-order valence-corrected chi connectivity index (χ0v) is 11.8. The highest BCUT2D eigenvalue weighted by Crippen LogP contribution is 2.14. The van der Waals surface area contributed by atoms with Gasteiger partial charge in [0.1, 0.15) is 12.4 Å². The second-order valence-corrected chi connectivity index (χ2v) is 4.33. The summed E-state index contributed by atoms with van der Waals surface area (Å²) >= 11 is 0. The fraction of sp³-hybridized carbons (Fsp3) is 0.176. The number of anilines is 1. The van der Waals surface area contributed by atoms with E-state index in [2.05, 4.69) is 10.9 Å². The molecule has 0 fully saturated rings. The molecule has 0 bridgehead atoms. The number of aromatic nitrogens is 1. The maximum atomic E-state index is 12.2. The predicted molar refractivity (Wildman–Crippen MR) is 81.8 cm³/mol. The number of hydrogen-bond acceptors (Lipinski definition) is 3. The number of pyridine rings is 1. The maximum Gasteiger partial charge on any atom is 0.415 e. The Morgan fingerprint density at radius 1 is 1.33 bits per heavy atom. The van der Waals surface area contributed by atoms with E-state index < -0.39 is 6.09 Å². The first-order valence-corrected chi connectivity index (χ1v) is 6.65. The molecule has 1 heterocycles. The smallest absolute Gasteiger partial charge is 0.415 e. The standard InChI is InChI=1S/C17H16N2O2/c1-3-14-10-11-18-16(12-14)19(4-2)17(20)21-13-15-8-6-5-7-9-15/h1,5-12H,4,13H2,2H3. The van der Waals surface area contributed by atoms with Crippen LogP contribution in [0.5, 0.6) is 0 Å². The number of hydrogen-bond donors (Lipinski definition) is 0. The fourth-order valence-electron chi connectivity index (χ4n) is 1.84. The molecule has 0 atom stereocenters. The lowest BCUT2D eigenvalue weighted by molar-refractivity contribution is 0.147. The van der Waals surface area contributed by atoms with Crippen molar-refractivity contribution in [2.45, 2.75) is 13.5 Å². The molecule has 0 aliphatic heterocycles. The molecule has 2 rings (SSSR count). The summed E-state index contributed by atoms with van der Waals surface area (Å²) in [6, 6.07) is 12.9. The van der Waals surface area contributed by atoms with Crippen LogP contribution in [0.4, 0.5) is 10.6 Å². The number of nitrogens with zero attached hydrogens (tertiary/aromatic N) is 2. The summed E-state index contributed by atoms with van der Waals surface area (Å²) in [6.45, 7) is 2.54. The summed E-state index contributed by atoms with van der Waals surface area (Å²) in [4.78, 5) is 17.8. The van der Waals surface area contributed by atoms with Crippen molar-refractivity contribution < 1.29 is 9.53 Å². The van der Waals surface area contributed by atoms with E-state index in [9.17, 15) is 4.79 Å². The number of terminal acetylenes is 1. The van der Waals surface area contributed by atoms with Crippen LogP contribution in [0, 0.1) is 12.3 Å². The minimum absolute atomic E-state index is 0.227. The van der Waals surface area contributed by atoms with Crippen LogP contribution in [0.25, 0.3) is 0 Å². The molecule has 0 spiro atoms. The van der Waals surface area contributed by atoms with Gasteiger partial charge in [-0.25, -0.2) is 9.78 Å². The van der Waals surface area contributed by atoms with E-state index in [4.69, 9.17) is 11.2 Å². The Kier molecular flexibility index (Phi) is 4.94.